The van der Waals surface area contributed by atoms with Gasteiger partial charge in [-0.1, -0.05) is 53.5 Å². The molecule has 10 heteroatoms. The van der Waals surface area contributed by atoms with Crippen molar-refractivity contribution in [3.05, 3.63) is 63.1 Å². The van der Waals surface area contributed by atoms with Gasteiger partial charge in [-0.25, -0.2) is 8.42 Å². The van der Waals surface area contributed by atoms with Crippen molar-refractivity contribution < 1.29 is 18.0 Å². The Bertz CT molecular complexity index is 1120. The minimum absolute atomic E-state index is 0.128. The fourth-order valence-corrected chi connectivity index (χ4v) is 4.43. The van der Waals surface area contributed by atoms with Gasteiger partial charge in [0.1, 0.15) is 12.6 Å². The minimum Gasteiger partial charge on any atom is -0.354 e. The summed E-state index contributed by atoms with van der Waals surface area (Å²) in [5.41, 5.74) is 1.98. The standard InChI is InChI=1S/C24H31BrClN3O4S/c1-16(2)13-27-24(31)18(4)28(14-19-6-8-20(26)9-7-19)23(30)15-29(34(5,32)33)21-10-11-22(25)17(3)12-21/h6-12,16,18H,13-15H2,1-5H3,(H,27,31)/t18-/m1/s1. The zero-order chi connectivity index (χ0) is 25.6. The first-order valence-electron chi connectivity index (χ1n) is 10.8. The van der Waals surface area contributed by atoms with Crippen LogP contribution in [0.5, 0.6) is 0 Å². The van der Waals surface area contributed by atoms with Crippen LogP contribution in [0, 0.1) is 12.8 Å². The normalized spacial score (nSPS) is 12.4. The summed E-state index contributed by atoms with van der Waals surface area (Å²) in [6.45, 7) is 7.59. The molecule has 0 unspecified atom stereocenters. The highest BCUT2D eigenvalue weighted by Crippen LogP contribution is 2.25. The molecule has 0 aliphatic carbocycles. The van der Waals surface area contributed by atoms with Crippen LogP contribution in [0.4, 0.5) is 5.69 Å². The lowest BCUT2D eigenvalue weighted by Crippen LogP contribution is -2.51. The van der Waals surface area contributed by atoms with Crippen LogP contribution in [0.2, 0.25) is 5.02 Å². The Balaban J connectivity index is 2.37. The molecule has 0 aliphatic heterocycles. The van der Waals surface area contributed by atoms with Crippen LogP contribution < -0.4 is 9.62 Å². The molecule has 7 nitrogen and oxygen atoms in total. The highest BCUT2D eigenvalue weighted by molar-refractivity contribution is 9.10. The summed E-state index contributed by atoms with van der Waals surface area (Å²) < 4.78 is 27.1. The van der Waals surface area contributed by atoms with Crippen molar-refractivity contribution in [1.29, 1.82) is 0 Å². The summed E-state index contributed by atoms with van der Waals surface area (Å²) in [4.78, 5) is 27.7. The van der Waals surface area contributed by atoms with Crippen molar-refractivity contribution in [1.82, 2.24) is 10.2 Å². The number of hydrogen-bond acceptors (Lipinski definition) is 4. The zero-order valence-corrected chi connectivity index (χ0v) is 23.2. The van der Waals surface area contributed by atoms with Crippen molar-refractivity contribution >= 4 is 55.1 Å². The quantitative estimate of drug-likeness (QED) is 0.458. The number of amides is 2. The molecule has 0 radical (unpaired) electrons. The van der Waals surface area contributed by atoms with Crippen LogP contribution in [-0.2, 0) is 26.2 Å². The van der Waals surface area contributed by atoms with Crippen LogP contribution in [0.1, 0.15) is 31.9 Å². The van der Waals surface area contributed by atoms with Gasteiger partial charge in [-0.05, 0) is 61.2 Å². The summed E-state index contributed by atoms with van der Waals surface area (Å²) >= 11 is 9.39. The van der Waals surface area contributed by atoms with E-state index in [4.69, 9.17) is 11.6 Å². The second-order valence-corrected chi connectivity index (χ2v) is 11.9. The fraction of sp³-hybridized carbons (Fsp3) is 0.417. The Morgan fingerprint density at radius 3 is 2.24 bits per heavy atom. The number of rotatable bonds is 10. The number of carbonyl (C=O) groups is 2. The topological polar surface area (TPSA) is 86.8 Å². The number of hydrogen-bond donors (Lipinski definition) is 1. The number of sulfonamides is 1. The number of nitrogens with zero attached hydrogens (tertiary/aromatic N) is 2. The SMILES string of the molecule is Cc1cc(N(CC(=O)N(Cc2ccc(Cl)cc2)[C@H](C)C(=O)NCC(C)C)S(C)(=O)=O)ccc1Br. The monoisotopic (exact) mass is 571 g/mol. The molecule has 1 atom stereocenters. The zero-order valence-electron chi connectivity index (χ0n) is 20.0. The molecule has 0 saturated carbocycles. The van der Waals surface area contributed by atoms with Crippen molar-refractivity contribution in [2.75, 3.05) is 23.7 Å². The Kier molecular flexibility index (Phi) is 9.96. The lowest BCUT2D eigenvalue weighted by Gasteiger charge is -2.31. The van der Waals surface area contributed by atoms with E-state index in [0.717, 1.165) is 26.2 Å². The molecule has 2 rings (SSSR count). The van der Waals surface area contributed by atoms with E-state index in [1.54, 1.807) is 49.4 Å². The highest BCUT2D eigenvalue weighted by Gasteiger charge is 2.30. The molecule has 0 aliphatic rings. The molecule has 186 valence electrons. The second-order valence-electron chi connectivity index (χ2n) is 8.67. The minimum atomic E-state index is -3.77. The van der Waals surface area contributed by atoms with Crippen molar-refractivity contribution in [3.63, 3.8) is 0 Å². The largest absolute Gasteiger partial charge is 0.354 e. The van der Waals surface area contributed by atoms with Crippen molar-refractivity contribution in [2.45, 2.75) is 40.3 Å². The van der Waals surface area contributed by atoms with E-state index in [0.29, 0.717) is 17.3 Å². The van der Waals surface area contributed by atoms with Gasteiger partial charge in [-0.2, -0.15) is 0 Å². The summed E-state index contributed by atoms with van der Waals surface area (Å²) in [6, 6.07) is 11.2. The Hall–Kier alpha value is -2.10. The molecule has 2 aromatic carbocycles. The molecule has 1 N–H and O–H groups in total. The van der Waals surface area contributed by atoms with Gasteiger partial charge in [0, 0.05) is 22.6 Å². The lowest BCUT2D eigenvalue weighted by atomic mass is 10.1. The molecule has 0 saturated heterocycles. The third kappa shape index (κ3) is 7.99. The molecule has 0 aromatic heterocycles. The fourth-order valence-electron chi connectivity index (χ4n) is 3.22. The summed E-state index contributed by atoms with van der Waals surface area (Å²) in [5, 5.41) is 3.40. The Morgan fingerprint density at radius 2 is 1.71 bits per heavy atom. The predicted octanol–water partition coefficient (Wildman–Crippen LogP) is 4.37. The predicted molar refractivity (Wildman–Crippen MR) is 140 cm³/mol. The Morgan fingerprint density at radius 1 is 1.09 bits per heavy atom. The number of aryl methyl sites for hydroxylation is 1. The molecule has 2 amide bonds. The number of benzene rings is 2. The first-order valence-corrected chi connectivity index (χ1v) is 13.9. The molecule has 34 heavy (non-hydrogen) atoms. The lowest BCUT2D eigenvalue weighted by molar-refractivity contribution is -0.139. The van der Waals surface area contributed by atoms with Gasteiger partial charge < -0.3 is 10.2 Å². The van der Waals surface area contributed by atoms with E-state index in [1.807, 2.05) is 20.8 Å². The third-order valence-corrected chi connectivity index (χ3v) is 7.51. The van der Waals surface area contributed by atoms with Gasteiger partial charge in [0.15, 0.2) is 0 Å². The maximum Gasteiger partial charge on any atom is 0.244 e. The first kappa shape index (κ1) is 28.1. The maximum absolute atomic E-state index is 13.5. The number of nitrogens with one attached hydrogen (secondary N) is 1. The molecule has 2 aromatic rings. The third-order valence-electron chi connectivity index (χ3n) is 5.23. The van der Waals surface area contributed by atoms with E-state index >= 15 is 0 Å². The van der Waals surface area contributed by atoms with Crippen molar-refractivity contribution in [2.24, 2.45) is 5.92 Å². The second kappa shape index (κ2) is 12.0. The molecule has 0 bridgehead atoms. The average molecular weight is 573 g/mol. The molecular weight excluding hydrogens is 542 g/mol. The van der Waals surface area contributed by atoms with Gasteiger partial charge in [0.25, 0.3) is 0 Å². The van der Waals surface area contributed by atoms with E-state index in [9.17, 15) is 18.0 Å². The van der Waals surface area contributed by atoms with Crippen LogP contribution in [0.25, 0.3) is 0 Å². The average Bonchev–Trinajstić information content (AvgIpc) is 2.76. The molecule has 0 heterocycles. The van der Waals surface area contributed by atoms with Gasteiger partial charge >= 0.3 is 0 Å². The molecule has 0 spiro atoms. The van der Waals surface area contributed by atoms with Crippen LogP contribution in [0.15, 0.2) is 46.9 Å². The maximum atomic E-state index is 13.5. The summed E-state index contributed by atoms with van der Waals surface area (Å²) in [6.07, 6.45) is 1.06. The van der Waals surface area contributed by atoms with Gasteiger partial charge in [0.05, 0.1) is 11.9 Å². The van der Waals surface area contributed by atoms with Gasteiger partial charge in [0.2, 0.25) is 21.8 Å². The molecular formula is C24H31BrClN3O4S. The summed E-state index contributed by atoms with van der Waals surface area (Å²) in [7, 11) is -3.77. The van der Waals surface area contributed by atoms with E-state index < -0.39 is 28.5 Å². The highest BCUT2D eigenvalue weighted by atomic mass is 79.9. The summed E-state index contributed by atoms with van der Waals surface area (Å²) in [5.74, 6) is -0.549. The van der Waals surface area contributed by atoms with E-state index in [-0.39, 0.29) is 18.4 Å². The van der Waals surface area contributed by atoms with Crippen LogP contribution >= 0.6 is 27.5 Å². The van der Waals surface area contributed by atoms with Crippen molar-refractivity contribution in [3.8, 4) is 0 Å². The van der Waals surface area contributed by atoms with E-state index in [1.165, 1.54) is 4.90 Å². The van der Waals surface area contributed by atoms with Gasteiger partial charge in [-0.15, -0.1) is 0 Å². The smallest absolute Gasteiger partial charge is 0.244 e. The van der Waals surface area contributed by atoms with E-state index in [2.05, 4.69) is 21.2 Å². The van der Waals surface area contributed by atoms with Gasteiger partial charge in [-0.3, -0.25) is 13.9 Å². The first-order chi connectivity index (χ1) is 15.8. The number of carbonyl (C=O) groups excluding carboxylic acids is 2. The number of halogens is 2. The molecule has 0 fully saturated rings. The van der Waals surface area contributed by atoms with Crippen LogP contribution in [0.3, 0.4) is 0 Å². The number of anilines is 1. The Labute approximate surface area is 215 Å². The van der Waals surface area contributed by atoms with Crippen LogP contribution in [-0.4, -0.2) is 50.5 Å².